The zero-order valence-corrected chi connectivity index (χ0v) is 20.4. The Balaban J connectivity index is 1.75. The Morgan fingerprint density at radius 2 is 1.67 bits per heavy atom. The lowest BCUT2D eigenvalue weighted by atomic mass is 9.94. The van der Waals surface area contributed by atoms with Crippen molar-refractivity contribution in [2.75, 3.05) is 18.6 Å². The van der Waals surface area contributed by atoms with Gasteiger partial charge in [-0.3, -0.25) is 4.79 Å². The van der Waals surface area contributed by atoms with Crippen LogP contribution in [0.1, 0.15) is 46.3 Å². The minimum absolute atomic E-state index is 0.0931. The molecule has 0 aromatic heterocycles. The van der Waals surface area contributed by atoms with Gasteiger partial charge >= 0.3 is 15.8 Å². The van der Waals surface area contributed by atoms with Gasteiger partial charge in [-0.2, -0.15) is 13.2 Å². The third kappa shape index (κ3) is 4.49. The van der Waals surface area contributed by atoms with E-state index in [-0.39, 0.29) is 38.4 Å². The molecule has 1 saturated heterocycles. The van der Waals surface area contributed by atoms with Crippen molar-refractivity contribution in [3.8, 4) is 11.5 Å². The van der Waals surface area contributed by atoms with E-state index in [0.29, 0.717) is 5.75 Å². The fourth-order valence-corrected chi connectivity index (χ4v) is 7.90. The minimum atomic E-state index is -4.36. The average molecular weight is 486 g/mol. The first kappa shape index (κ1) is 23.3. The van der Waals surface area contributed by atoms with E-state index >= 15 is 0 Å². The van der Waals surface area contributed by atoms with Gasteiger partial charge in [-0.1, -0.05) is 0 Å². The number of ether oxygens (including phenoxy) is 1. The molecule has 0 atom stereocenters. The molecule has 0 saturated carbocycles. The lowest BCUT2D eigenvalue weighted by Gasteiger charge is -2.19. The van der Waals surface area contributed by atoms with Crippen LogP contribution >= 0.6 is 0 Å². The first-order valence-corrected chi connectivity index (χ1v) is 13.6. The van der Waals surface area contributed by atoms with Crippen LogP contribution in [0.2, 0.25) is 0 Å². The molecule has 0 unspecified atom stereocenters. The summed E-state index contributed by atoms with van der Waals surface area (Å²) in [5.41, 5.74) is 10.6. The van der Waals surface area contributed by atoms with Crippen LogP contribution in [-0.4, -0.2) is 43.3 Å². The third-order valence-electron chi connectivity index (χ3n) is 5.86. The van der Waals surface area contributed by atoms with Crippen molar-refractivity contribution in [3.63, 3.8) is 0 Å². The number of carbonyl (C=O) groups is 1. The molecule has 33 heavy (non-hydrogen) atoms. The van der Waals surface area contributed by atoms with Gasteiger partial charge in [0.25, 0.3) is 5.78 Å². The van der Waals surface area contributed by atoms with E-state index < -0.39 is 15.9 Å². The molecule has 7 nitrogen and oxygen atoms in total. The molecule has 1 aliphatic heterocycles. The predicted octanol–water partition coefficient (Wildman–Crippen LogP) is 4.09. The summed E-state index contributed by atoms with van der Waals surface area (Å²) in [5, 5.41) is 0. The maximum atomic E-state index is 13.4. The Labute approximate surface area is 196 Å². The van der Waals surface area contributed by atoms with Crippen LogP contribution < -0.4 is 8.92 Å². The minimum Gasteiger partial charge on any atom is -0.497 e. The summed E-state index contributed by atoms with van der Waals surface area (Å²) in [6.07, 6.45) is 4.74. The van der Waals surface area contributed by atoms with Gasteiger partial charge < -0.3 is 14.5 Å². The molecular weight excluding hydrogens is 460 g/mol. The number of benzene rings is 2. The zero-order chi connectivity index (χ0) is 23.8. The van der Waals surface area contributed by atoms with E-state index in [0.717, 1.165) is 17.2 Å². The van der Waals surface area contributed by atoms with Crippen molar-refractivity contribution < 1.29 is 26.9 Å². The van der Waals surface area contributed by atoms with Crippen molar-refractivity contribution in [2.45, 2.75) is 38.0 Å². The van der Waals surface area contributed by atoms with Crippen LogP contribution in [0.4, 0.5) is 0 Å². The summed E-state index contributed by atoms with van der Waals surface area (Å²) in [6.45, 7) is 3.68. The first-order valence-electron chi connectivity index (χ1n) is 10.6. The first-order chi connectivity index (χ1) is 15.7. The second-order valence-corrected chi connectivity index (χ2v) is 11.9. The summed E-state index contributed by atoms with van der Waals surface area (Å²) < 4.78 is 37.6. The standard InChI is InChI=1S/C24H25N2O5S2/c1-15-11-18(32-9-5-4-6-10-32)12-16(2)24(15)31-33(28,29)22-14-21(26-25)23(27)19-8-7-17(30-3)13-20(19)22/h7-8,11-14H,4-6,9-10H2,1-3H3/q+1. The Morgan fingerprint density at radius 3 is 2.27 bits per heavy atom. The molecule has 0 radical (unpaired) electrons. The molecule has 4 rings (SSSR count). The van der Waals surface area contributed by atoms with Crippen LogP contribution in [0.3, 0.4) is 0 Å². The highest BCUT2D eigenvalue weighted by atomic mass is 32.2. The third-order valence-corrected chi connectivity index (χ3v) is 9.58. The van der Waals surface area contributed by atoms with Gasteiger partial charge in [-0.15, -0.1) is 0 Å². The van der Waals surface area contributed by atoms with Crippen LogP contribution in [-0.2, 0) is 21.0 Å². The van der Waals surface area contributed by atoms with E-state index in [4.69, 9.17) is 8.92 Å². The van der Waals surface area contributed by atoms with E-state index in [1.54, 1.807) is 6.07 Å². The summed E-state index contributed by atoms with van der Waals surface area (Å²) >= 11 is 0. The Morgan fingerprint density at radius 1 is 1.00 bits per heavy atom. The Kier molecular flexibility index (Phi) is 6.47. The number of carbonyl (C=O) groups excluding carboxylic acids is 1. The number of rotatable bonds is 5. The molecule has 2 aromatic carbocycles. The highest BCUT2D eigenvalue weighted by Gasteiger charge is 2.37. The van der Waals surface area contributed by atoms with Crippen LogP contribution in [0, 0.1) is 13.8 Å². The second-order valence-electron chi connectivity index (χ2n) is 8.12. The average Bonchev–Trinajstić information content (AvgIpc) is 2.81. The quantitative estimate of drug-likeness (QED) is 0.274. The fourth-order valence-electron chi connectivity index (χ4n) is 4.17. The summed E-state index contributed by atoms with van der Waals surface area (Å²) in [5.74, 6) is 2.40. The number of allylic oxidation sites excluding steroid dienone is 1. The number of methoxy groups -OCH3 is 1. The van der Waals surface area contributed by atoms with Crippen LogP contribution in [0.25, 0.3) is 10.4 Å². The number of ketones is 1. The van der Waals surface area contributed by atoms with Crippen molar-refractivity contribution in [1.29, 1.82) is 0 Å². The van der Waals surface area contributed by atoms with Crippen molar-refractivity contribution >= 4 is 37.4 Å². The molecule has 1 fully saturated rings. The van der Waals surface area contributed by atoms with E-state index in [1.165, 1.54) is 54.9 Å². The van der Waals surface area contributed by atoms with E-state index in [1.807, 2.05) is 26.0 Å². The molecule has 2 aliphatic rings. The largest absolute Gasteiger partial charge is 0.497 e. The lowest BCUT2D eigenvalue weighted by Crippen LogP contribution is -2.24. The number of hydrogen-bond acceptors (Lipinski definition) is 5. The van der Waals surface area contributed by atoms with Gasteiger partial charge in [0.2, 0.25) is 0 Å². The number of aryl methyl sites for hydroxylation is 2. The molecule has 1 heterocycles. The lowest BCUT2D eigenvalue weighted by molar-refractivity contribution is -0.00437. The summed E-state index contributed by atoms with van der Waals surface area (Å²) in [6, 6.07) is 8.48. The molecule has 172 valence electrons. The summed E-state index contributed by atoms with van der Waals surface area (Å²) in [4.78, 5) is 16.5. The monoisotopic (exact) mass is 485 g/mol. The van der Waals surface area contributed by atoms with Gasteiger partial charge in [-0.25, -0.2) is 0 Å². The van der Waals surface area contributed by atoms with Crippen LogP contribution in [0.15, 0.2) is 41.3 Å². The van der Waals surface area contributed by atoms with Gasteiger partial charge in [0.15, 0.2) is 4.90 Å². The highest BCUT2D eigenvalue weighted by Crippen LogP contribution is 2.36. The van der Waals surface area contributed by atoms with E-state index in [2.05, 4.69) is 4.79 Å². The van der Waals surface area contributed by atoms with Crippen molar-refractivity contribution in [3.05, 3.63) is 64.2 Å². The van der Waals surface area contributed by atoms with Gasteiger partial charge in [0.05, 0.1) is 13.2 Å². The maximum Gasteiger partial charge on any atom is 0.364 e. The van der Waals surface area contributed by atoms with Gasteiger partial charge in [0, 0.05) is 22.0 Å². The Bertz CT molecular complexity index is 1300. The highest BCUT2D eigenvalue weighted by molar-refractivity contribution is 7.97. The summed E-state index contributed by atoms with van der Waals surface area (Å²) in [7, 11) is -2.73. The van der Waals surface area contributed by atoms with Gasteiger partial charge in [0.1, 0.15) is 27.9 Å². The second kappa shape index (κ2) is 9.17. The molecule has 0 amide bonds. The topological polar surface area (TPSA) is 106 Å². The van der Waals surface area contributed by atoms with Crippen LogP contribution in [0.5, 0.6) is 11.5 Å². The molecule has 0 N–H and O–H groups in total. The predicted molar refractivity (Wildman–Crippen MR) is 129 cm³/mol. The van der Waals surface area contributed by atoms with Gasteiger partial charge in [-0.05, 0) is 74.6 Å². The van der Waals surface area contributed by atoms with E-state index in [9.17, 15) is 18.7 Å². The number of fused-ring (bicyclic) bond motifs is 1. The number of hydrogen-bond donors (Lipinski definition) is 0. The smallest absolute Gasteiger partial charge is 0.364 e. The van der Waals surface area contributed by atoms with Crippen molar-refractivity contribution in [1.82, 2.24) is 0 Å². The zero-order valence-electron chi connectivity index (χ0n) is 18.8. The SMILES string of the molecule is COc1ccc2c(c1)C(S(=O)(=O)Oc1c(C)cc([S+]3CCCCC3)cc1C)=CC(=[N+]=[N-])C2=O. The number of nitrogens with zero attached hydrogens (tertiary/aromatic N) is 2. The van der Waals surface area contributed by atoms with Crippen molar-refractivity contribution in [2.24, 2.45) is 0 Å². The fraction of sp³-hybridized carbons (Fsp3) is 0.333. The maximum absolute atomic E-state index is 13.4. The molecular formula is C24H25N2O5S2+. The molecule has 9 heteroatoms. The molecule has 1 aliphatic carbocycles. The Hall–Kier alpha value is -2.87. The number of Topliss-reactive ketones (excluding diaryl/α,β-unsaturated/α-hetero) is 1. The molecule has 2 aromatic rings. The normalized spacial score (nSPS) is 16.6. The molecule has 0 bridgehead atoms. The molecule has 0 spiro atoms.